The monoisotopic (exact) mass is 429 g/mol. The third-order valence-corrected chi connectivity index (χ3v) is 5.83. The van der Waals surface area contributed by atoms with E-state index in [2.05, 4.69) is 20.8 Å². The molecule has 182 valence electrons. The summed E-state index contributed by atoms with van der Waals surface area (Å²) in [5, 5.41) is 19.5. The number of aliphatic carboxylic acids is 1. The molecule has 0 atom stereocenters. The van der Waals surface area contributed by atoms with Gasteiger partial charge in [0.1, 0.15) is 0 Å². The average molecular weight is 430 g/mol. The van der Waals surface area contributed by atoms with E-state index < -0.39 is 5.97 Å². The van der Waals surface area contributed by atoms with Crippen LogP contribution in [0, 0.1) is 0 Å². The van der Waals surface area contributed by atoms with E-state index in [9.17, 15) is 10.0 Å². The molecule has 0 amide bonds. The highest BCUT2D eigenvalue weighted by atomic mass is 16.5. The normalized spacial score (nSPS) is 11.0. The summed E-state index contributed by atoms with van der Waals surface area (Å²) < 4.78 is 0. The van der Waals surface area contributed by atoms with E-state index in [1.807, 2.05) is 0 Å². The van der Waals surface area contributed by atoms with Crippen molar-refractivity contribution in [3.8, 4) is 0 Å². The van der Waals surface area contributed by atoms with Crippen LogP contribution in [0.1, 0.15) is 150 Å². The summed E-state index contributed by atoms with van der Waals surface area (Å²) in [6, 6.07) is 0.394. The Kier molecular flexibility index (Phi) is 27.8. The Balaban J connectivity index is 0. The number of unbranched alkanes of at least 4 members (excludes halogenated alkanes) is 14. The molecule has 0 unspecified atom stereocenters. The highest BCUT2D eigenvalue weighted by Gasteiger charge is 2.14. The molecule has 2 N–H and O–H groups in total. The van der Waals surface area contributed by atoms with Crippen LogP contribution >= 0.6 is 0 Å². The molecule has 0 rings (SSSR count). The van der Waals surface area contributed by atoms with Crippen LogP contribution in [0.2, 0.25) is 0 Å². The van der Waals surface area contributed by atoms with Crippen LogP contribution in [0.3, 0.4) is 0 Å². The van der Waals surface area contributed by atoms with Crippen molar-refractivity contribution in [3.05, 3.63) is 0 Å². The maximum absolute atomic E-state index is 10.2. The van der Waals surface area contributed by atoms with Gasteiger partial charge in [-0.15, -0.1) is 0 Å². The predicted octanol–water partition coefficient (Wildman–Crippen LogP) is 8.61. The van der Waals surface area contributed by atoms with Crippen molar-refractivity contribution in [2.45, 2.75) is 156 Å². The summed E-state index contributed by atoms with van der Waals surface area (Å²) in [6.07, 6.45) is 24.5. The number of carboxylic acid groups (broad SMARTS) is 1. The van der Waals surface area contributed by atoms with E-state index >= 15 is 0 Å². The molecule has 0 aliphatic rings. The van der Waals surface area contributed by atoms with Gasteiger partial charge in [0.25, 0.3) is 0 Å². The quantitative estimate of drug-likeness (QED) is 0.142. The number of hydrogen-bond acceptors (Lipinski definition) is 3. The summed E-state index contributed by atoms with van der Waals surface area (Å²) in [6.45, 7) is 8.98. The fourth-order valence-corrected chi connectivity index (χ4v) is 3.73. The molecule has 0 aromatic carbocycles. The van der Waals surface area contributed by atoms with E-state index in [0.717, 1.165) is 6.54 Å². The minimum atomic E-state index is -0.745. The SMILES string of the molecule is CCC(=O)O.CCCCCCCCCCC(CCCCCCCCCC)N(O)CC. The lowest BCUT2D eigenvalue weighted by atomic mass is 9.99. The lowest BCUT2D eigenvalue weighted by molar-refractivity contribution is -0.136. The molecule has 0 bridgehead atoms. The standard InChI is InChI=1S/C23H49NO.C3H6O2/c1-4-7-9-11-13-15-17-19-21-23(24(25)6-3)22-20-18-16-14-12-10-8-5-2;1-2-3(4)5/h23,25H,4-22H2,1-3H3;2H2,1H3,(H,4,5). The second-order valence-electron chi connectivity index (χ2n) is 8.68. The summed E-state index contributed by atoms with van der Waals surface area (Å²) in [5.74, 6) is -0.745. The van der Waals surface area contributed by atoms with E-state index in [1.165, 1.54) is 116 Å². The predicted molar refractivity (Wildman–Crippen MR) is 130 cm³/mol. The highest BCUT2D eigenvalue weighted by molar-refractivity contribution is 5.66. The minimum Gasteiger partial charge on any atom is -0.481 e. The lowest BCUT2D eigenvalue weighted by Crippen LogP contribution is -2.32. The third kappa shape index (κ3) is 25.4. The van der Waals surface area contributed by atoms with E-state index in [-0.39, 0.29) is 6.42 Å². The zero-order chi connectivity index (χ0) is 22.9. The summed E-state index contributed by atoms with van der Waals surface area (Å²) in [5.41, 5.74) is 0. The molecule has 0 aliphatic heterocycles. The van der Waals surface area contributed by atoms with Crippen molar-refractivity contribution < 1.29 is 15.1 Å². The third-order valence-electron chi connectivity index (χ3n) is 5.83. The molecule has 0 aromatic rings. The average Bonchev–Trinajstić information content (AvgIpc) is 2.75. The van der Waals surface area contributed by atoms with Crippen LogP contribution in [0.5, 0.6) is 0 Å². The Bertz CT molecular complexity index is 316. The first kappa shape index (κ1) is 31.6. The van der Waals surface area contributed by atoms with Gasteiger partial charge in [0.2, 0.25) is 0 Å². The molecule has 4 nitrogen and oxygen atoms in total. The van der Waals surface area contributed by atoms with Crippen molar-refractivity contribution in [1.29, 1.82) is 0 Å². The van der Waals surface area contributed by atoms with E-state index in [4.69, 9.17) is 5.11 Å². The summed E-state index contributed by atoms with van der Waals surface area (Å²) in [4.78, 5) is 9.37. The first-order chi connectivity index (χ1) is 14.5. The number of carbonyl (C=O) groups is 1. The first-order valence-electron chi connectivity index (χ1n) is 13.2. The van der Waals surface area contributed by atoms with Crippen molar-refractivity contribution in [2.75, 3.05) is 6.54 Å². The van der Waals surface area contributed by atoms with Crippen LogP contribution in [-0.2, 0) is 4.79 Å². The maximum atomic E-state index is 10.2. The second kappa shape index (κ2) is 26.4. The first-order valence-corrected chi connectivity index (χ1v) is 13.2. The molecule has 0 saturated heterocycles. The maximum Gasteiger partial charge on any atom is 0.303 e. The smallest absolute Gasteiger partial charge is 0.303 e. The molecule has 4 heteroatoms. The minimum absolute atomic E-state index is 0.222. The molecule has 0 saturated carbocycles. The van der Waals surface area contributed by atoms with Gasteiger partial charge in [-0.25, -0.2) is 0 Å². The Labute approximate surface area is 188 Å². The Hall–Kier alpha value is -0.610. The largest absolute Gasteiger partial charge is 0.481 e. The Morgan fingerprint density at radius 3 is 1.20 bits per heavy atom. The number of hydrogen-bond donors (Lipinski definition) is 2. The summed E-state index contributed by atoms with van der Waals surface area (Å²) >= 11 is 0. The molecule has 0 fully saturated rings. The van der Waals surface area contributed by atoms with Gasteiger partial charge < -0.3 is 10.3 Å². The molecule has 0 aliphatic carbocycles. The van der Waals surface area contributed by atoms with Gasteiger partial charge in [0.15, 0.2) is 0 Å². The van der Waals surface area contributed by atoms with Gasteiger partial charge in [0.05, 0.1) is 0 Å². The van der Waals surface area contributed by atoms with Crippen LogP contribution < -0.4 is 0 Å². The van der Waals surface area contributed by atoms with Crippen LogP contribution in [0.4, 0.5) is 0 Å². The van der Waals surface area contributed by atoms with Crippen LogP contribution in [-0.4, -0.2) is 33.9 Å². The number of nitrogens with zero attached hydrogens (tertiary/aromatic N) is 1. The molecular weight excluding hydrogens is 374 g/mol. The molecule has 30 heavy (non-hydrogen) atoms. The van der Waals surface area contributed by atoms with Crippen molar-refractivity contribution in [1.82, 2.24) is 5.06 Å². The fraction of sp³-hybridized carbons (Fsp3) is 0.962. The molecule has 0 spiro atoms. The Morgan fingerprint density at radius 1 is 0.633 bits per heavy atom. The number of rotatable bonds is 21. The van der Waals surface area contributed by atoms with Crippen LogP contribution in [0.15, 0.2) is 0 Å². The summed E-state index contributed by atoms with van der Waals surface area (Å²) in [7, 11) is 0. The molecule has 0 radical (unpaired) electrons. The molecule has 0 heterocycles. The zero-order valence-corrected chi connectivity index (χ0v) is 21.0. The number of hydroxylamine groups is 2. The second-order valence-corrected chi connectivity index (χ2v) is 8.68. The topological polar surface area (TPSA) is 60.8 Å². The van der Waals surface area contributed by atoms with Gasteiger partial charge in [-0.2, -0.15) is 5.06 Å². The Morgan fingerprint density at radius 2 is 0.933 bits per heavy atom. The van der Waals surface area contributed by atoms with Gasteiger partial charge in [0, 0.05) is 19.0 Å². The van der Waals surface area contributed by atoms with E-state index in [1.54, 1.807) is 12.0 Å². The molecular formula is C26H55NO3. The van der Waals surface area contributed by atoms with Crippen molar-refractivity contribution >= 4 is 5.97 Å². The van der Waals surface area contributed by atoms with Gasteiger partial charge >= 0.3 is 5.97 Å². The highest BCUT2D eigenvalue weighted by Crippen LogP contribution is 2.18. The fourth-order valence-electron chi connectivity index (χ4n) is 3.73. The van der Waals surface area contributed by atoms with Gasteiger partial charge in [-0.1, -0.05) is 130 Å². The van der Waals surface area contributed by atoms with Crippen molar-refractivity contribution in [3.63, 3.8) is 0 Å². The zero-order valence-electron chi connectivity index (χ0n) is 21.0. The van der Waals surface area contributed by atoms with E-state index in [0.29, 0.717) is 6.04 Å². The lowest BCUT2D eigenvalue weighted by Gasteiger charge is -2.25. The number of carboxylic acids is 1. The molecule has 0 aromatic heterocycles. The van der Waals surface area contributed by atoms with Crippen LogP contribution in [0.25, 0.3) is 0 Å². The van der Waals surface area contributed by atoms with Crippen molar-refractivity contribution in [2.24, 2.45) is 0 Å². The van der Waals surface area contributed by atoms with Gasteiger partial charge in [-0.3, -0.25) is 4.79 Å². The van der Waals surface area contributed by atoms with Gasteiger partial charge in [-0.05, 0) is 12.8 Å².